The smallest absolute Gasteiger partial charge is 0.161 e. The molecule has 0 atom stereocenters. The normalized spacial score (nSPS) is 10.7. The van der Waals surface area contributed by atoms with Gasteiger partial charge >= 0.3 is 0 Å². The van der Waals surface area contributed by atoms with Gasteiger partial charge < -0.3 is 9.80 Å². The average molecular weight is 356 g/mol. The Hall–Kier alpha value is -1.12. The highest BCUT2D eigenvalue weighted by atomic mass is 79.9. The Bertz CT molecular complexity index is 495. The van der Waals surface area contributed by atoms with Crippen LogP contribution in [0.4, 0.5) is 10.1 Å². The van der Waals surface area contributed by atoms with Crippen molar-refractivity contribution in [3.63, 3.8) is 0 Å². The van der Waals surface area contributed by atoms with E-state index >= 15 is 0 Å². The number of benzene rings is 1. The first-order valence-corrected chi connectivity index (χ1v) is 8.23. The maximum Gasteiger partial charge on any atom is 0.161 e. The van der Waals surface area contributed by atoms with E-state index in [4.69, 9.17) is 5.26 Å². The fraction of sp³-hybridized carbons (Fsp3) is 0.562. The van der Waals surface area contributed by atoms with Gasteiger partial charge in [-0.3, -0.25) is 0 Å². The molecular formula is C16H23BrFN3. The van der Waals surface area contributed by atoms with E-state index in [1.54, 1.807) is 12.1 Å². The molecule has 116 valence electrons. The van der Waals surface area contributed by atoms with Gasteiger partial charge in [0.1, 0.15) is 6.07 Å². The lowest BCUT2D eigenvalue weighted by atomic mass is 10.2. The molecule has 5 heteroatoms. The summed E-state index contributed by atoms with van der Waals surface area (Å²) in [6.07, 6.45) is 0.993. The Morgan fingerprint density at radius 1 is 1.14 bits per heavy atom. The monoisotopic (exact) mass is 355 g/mol. The molecule has 3 nitrogen and oxygen atoms in total. The number of nitrogens with zero attached hydrogens (tertiary/aromatic N) is 3. The van der Waals surface area contributed by atoms with Crippen LogP contribution >= 0.6 is 15.9 Å². The molecule has 0 fully saturated rings. The summed E-state index contributed by atoms with van der Waals surface area (Å²) < 4.78 is 14.6. The molecule has 0 bridgehead atoms. The summed E-state index contributed by atoms with van der Waals surface area (Å²) in [5.41, 5.74) is 0.887. The molecule has 0 aliphatic rings. The van der Waals surface area contributed by atoms with E-state index in [0.717, 1.165) is 39.1 Å². The van der Waals surface area contributed by atoms with Gasteiger partial charge in [-0.25, -0.2) is 4.39 Å². The number of rotatable bonds is 8. The topological polar surface area (TPSA) is 30.3 Å². The molecular weight excluding hydrogens is 333 g/mol. The van der Waals surface area contributed by atoms with E-state index in [-0.39, 0.29) is 10.3 Å². The molecule has 0 spiro atoms. The number of hydrogen-bond acceptors (Lipinski definition) is 3. The summed E-state index contributed by atoms with van der Waals surface area (Å²) in [4.78, 5) is 4.38. The molecule has 0 N–H and O–H groups in total. The van der Waals surface area contributed by atoms with Gasteiger partial charge in [0.2, 0.25) is 0 Å². The zero-order valence-electron chi connectivity index (χ0n) is 13.0. The second kappa shape index (κ2) is 9.01. The molecule has 0 unspecified atom stereocenters. The SMILES string of the molecule is CCN(CC)CCCN(CC)c1ccc(C#N)c(Br)c1F. The molecule has 0 radical (unpaired) electrons. The third-order valence-corrected chi connectivity index (χ3v) is 4.48. The van der Waals surface area contributed by atoms with Crippen molar-refractivity contribution in [1.82, 2.24) is 4.90 Å². The van der Waals surface area contributed by atoms with Gasteiger partial charge in [0.25, 0.3) is 0 Å². The Kier molecular flexibility index (Phi) is 7.69. The van der Waals surface area contributed by atoms with Gasteiger partial charge in [-0.15, -0.1) is 0 Å². The van der Waals surface area contributed by atoms with Crippen LogP contribution in [0.3, 0.4) is 0 Å². The van der Waals surface area contributed by atoms with Gasteiger partial charge in [0, 0.05) is 13.1 Å². The molecule has 0 aliphatic carbocycles. The van der Waals surface area contributed by atoms with Crippen molar-refractivity contribution in [2.24, 2.45) is 0 Å². The maximum atomic E-state index is 14.4. The van der Waals surface area contributed by atoms with Gasteiger partial charge in [0.15, 0.2) is 5.82 Å². The lowest BCUT2D eigenvalue weighted by molar-refractivity contribution is 0.300. The molecule has 1 aromatic rings. The van der Waals surface area contributed by atoms with Gasteiger partial charge in [-0.05, 0) is 61.0 Å². The summed E-state index contributed by atoms with van der Waals surface area (Å²) in [5.74, 6) is -0.348. The molecule has 21 heavy (non-hydrogen) atoms. The molecule has 0 aliphatic heterocycles. The highest BCUT2D eigenvalue weighted by Crippen LogP contribution is 2.29. The number of nitriles is 1. The lowest BCUT2D eigenvalue weighted by Gasteiger charge is -2.26. The van der Waals surface area contributed by atoms with Crippen LogP contribution in [0.15, 0.2) is 16.6 Å². The van der Waals surface area contributed by atoms with Crippen LogP contribution in [-0.2, 0) is 0 Å². The van der Waals surface area contributed by atoms with Crippen molar-refractivity contribution < 1.29 is 4.39 Å². The van der Waals surface area contributed by atoms with E-state index in [1.165, 1.54) is 0 Å². The second-order valence-corrected chi connectivity index (χ2v) is 5.63. The number of anilines is 1. The van der Waals surface area contributed by atoms with E-state index < -0.39 is 0 Å². The van der Waals surface area contributed by atoms with E-state index in [0.29, 0.717) is 11.3 Å². The molecule has 0 saturated heterocycles. The number of halogens is 2. The first-order chi connectivity index (χ1) is 10.1. The molecule has 0 saturated carbocycles. The van der Waals surface area contributed by atoms with Crippen molar-refractivity contribution in [2.45, 2.75) is 27.2 Å². The van der Waals surface area contributed by atoms with Crippen LogP contribution in [0.1, 0.15) is 32.8 Å². The van der Waals surface area contributed by atoms with Crippen molar-refractivity contribution in [1.29, 1.82) is 5.26 Å². The maximum absolute atomic E-state index is 14.4. The molecule has 0 heterocycles. The summed E-state index contributed by atoms with van der Waals surface area (Å²) in [6, 6.07) is 5.34. The van der Waals surface area contributed by atoms with Crippen molar-refractivity contribution in [3.8, 4) is 6.07 Å². The summed E-state index contributed by atoms with van der Waals surface area (Å²) in [6.45, 7) is 11.0. The summed E-state index contributed by atoms with van der Waals surface area (Å²) >= 11 is 3.17. The Morgan fingerprint density at radius 2 is 1.81 bits per heavy atom. The lowest BCUT2D eigenvalue weighted by Crippen LogP contribution is -2.30. The minimum absolute atomic E-state index is 0.254. The van der Waals surface area contributed by atoms with Crippen LogP contribution in [0.5, 0.6) is 0 Å². The van der Waals surface area contributed by atoms with E-state index in [9.17, 15) is 4.39 Å². The fourth-order valence-corrected chi connectivity index (χ4v) is 2.77. The molecule has 0 aromatic heterocycles. The van der Waals surface area contributed by atoms with Crippen LogP contribution in [0.2, 0.25) is 0 Å². The first-order valence-electron chi connectivity index (χ1n) is 7.44. The second-order valence-electron chi connectivity index (χ2n) is 4.83. The fourth-order valence-electron chi connectivity index (χ4n) is 2.34. The van der Waals surface area contributed by atoms with Crippen LogP contribution in [0, 0.1) is 17.1 Å². The zero-order chi connectivity index (χ0) is 15.8. The number of hydrogen-bond donors (Lipinski definition) is 0. The minimum Gasteiger partial charge on any atom is -0.369 e. The minimum atomic E-state index is -0.348. The Balaban J connectivity index is 2.77. The van der Waals surface area contributed by atoms with Gasteiger partial charge in [0.05, 0.1) is 15.7 Å². The van der Waals surface area contributed by atoms with Gasteiger partial charge in [-0.2, -0.15) is 5.26 Å². The summed E-state index contributed by atoms with van der Waals surface area (Å²) in [5, 5.41) is 8.92. The largest absolute Gasteiger partial charge is 0.369 e. The van der Waals surface area contributed by atoms with Crippen molar-refractivity contribution in [2.75, 3.05) is 37.6 Å². The Labute approximate surface area is 135 Å². The van der Waals surface area contributed by atoms with Crippen LogP contribution in [0.25, 0.3) is 0 Å². The zero-order valence-corrected chi connectivity index (χ0v) is 14.6. The van der Waals surface area contributed by atoms with Crippen molar-refractivity contribution >= 4 is 21.6 Å². The van der Waals surface area contributed by atoms with E-state index in [1.807, 2.05) is 17.9 Å². The third kappa shape index (κ3) is 4.69. The molecule has 1 aromatic carbocycles. The first kappa shape index (κ1) is 17.9. The quantitative estimate of drug-likeness (QED) is 0.705. The average Bonchev–Trinajstić information content (AvgIpc) is 2.51. The van der Waals surface area contributed by atoms with Crippen molar-refractivity contribution in [3.05, 3.63) is 28.0 Å². The van der Waals surface area contributed by atoms with Crippen LogP contribution < -0.4 is 4.90 Å². The Morgan fingerprint density at radius 3 is 2.33 bits per heavy atom. The standard InChI is InChI=1S/C16H23BrFN3/c1-4-20(5-2)10-7-11-21(6-3)14-9-8-13(12-19)15(17)16(14)18/h8-9H,4-7,10-11H2,1-3H3. The van der Waals surface area contributed by atoms with Crippen LogP contribution in [-0.4, -0.2) is 37.6 Å². The predicted molar refractivity (Wildman–Crippen MR) is 89.1 cm³/mol. The molecule has 1 rings (SSSR count). The highest BCUT2D eigenvalue weighted by molar-refractivity contribution is 9.10. The highest BCUT2D eigenvalue weighted by Gasteiger charge is 2.15. The third-order valence-electron chi connectivity index (χ3n) is 3.70. The molecule has 0 amide bonds. The van der Waals surface area contributed by atoms with Gasteiger partial charge in [-0.1, -0.05) is 13.8 Å². The summed E-state index contributed by atoms with van der Waals surface area (Å²) in [7, 11) is 0. The van der Waals surface area contributed by atoms with E-state index in [2.05, 4.69) is 34.7 Å². The predicted octanol–water partition coefficient (Wildman–Crippen LogP) is 4.02.